The molecule has 148 valence electrons. The quantitative estimate of drug-likeness (QED) is 0.337. The standard InChI is InChI=1S/C27H17NO3/c29-21-11-9-17(10-12-21)22-13-20(25-14-18-5-1-3-7-23(18)30-25)16-28-27(22)26-15-19-6-2-4-8-24(19)31-26/h1-16,29H. The Morgan fingerprint density at radius 2 is 1.23 bits per heavy atom. The zero-order valence-electron chi connectivity index (χ0n) is 16.4. The fourth-order valence-corrected chi connectivity index (χ4v) is 3.88. The number of aromatic hydroxyl groups is 1. The van der Waals surface area contributed by atoms with Gasteiger partial charge in [0.1, 0.15) is 28.4 Å². The van der Waals surface area contributed by atoms with Crippen molar-refractivity contribution < 1.29 is 13.9 Å². The number of phenolic OH excluding ortho intramolecular Hbond substituents is 1. The fraction of sp³-hybridized carbons (Fsp3) is 0. The third kappa shape index (κ3) is 3.06. The van der Waals surface area contributed by atoms with E-state index in [0.29, 0.717) is 5.76 Å². The lowest BCUT2D eigenvalue weighted by Crippen LogP contribution is -1.90. The van der Waals surface area contributed by atoms with E-state index >= 15 is 0 Å². The molecule has 3 aromatic carbocycles. The van der Waals surface area contributed by atoms with Crippen LogP contribution in [0.15, 0.2) is 106 Å². The van der Waals surface area contributed by atoms with Gasteiger partial charge in [-0.3, -0.25) is 4.98 Å². The highest BCUT2D eigenvalue weighted by Crippen LogP contribution is 2.37. The first-order valence-corrected chi connectivity index (χ1v) is 10.0. The van der Waals surface area contributed by atoms with Gasteiger partial charge in [0.15, 0.2) is 5.76 Å². The molecule has 0 spiro atoms. The normalized spacial score (nSPS) is 11.4. The molecule has 0 fully saturated rings. The number of pyridine rings is 1. The van der Waals surface area contributed by atoms with Crippen LogP contribution in [0.25, 0.3) is 55.8 Å². The predicted molar refractivity (Wildman–Crippen MR) is 122 cm³/mol. The summed E-state index contributed by atoms with van der Waals surface area (Å²) >= 11 is 0. The molecule has 31 heavy (non-hydrogen) atoms. The molecule has 0 aliphatic carbocycles. The van der Waals surface area contributed by atoms with E-state index in [2.05, 4.69) is 6.07 Å². The summed E-state index contributed by atoms with van der Waals surface area (Å²) in [5, 5.41) is 11.8. The fourth-order valence-electron chi connectivity index (χ4n) is 3.88. The van der Waals surface area contributed by atoms with Crippen molar-refractivity contribution >= 4 is 21.9 Å². The van der Waals surface area contributed by atoms with Gasteiger partial charge in [-0.25, -0.2) is 0 Å². The van der Waals surface area contributed by atoms with Gasteiger partial charge in [-0.1, -0.05) is 48.5 Å². The topological polar surface area (TPSA) is 59.4 Å². The van der Waals surface area contributed by atoms with Crippen molar-refractivity contribution in [2.45, 2.75) is 0 Å². The van der Waals surface area contributed by atoms with Gasteiger partial charge in [0.05, 0.1) is 0 Å². The number of aromatic nitrogens is 1. The minimum Gasteiger partial charge on any atom is -0.508 e. The van der Waals surface area contributed by atoms with Crippen LogP contribution in [0.5, 0.6) is 5.75 Å². The SMILES string of the molecule is Oc1ccc(-c2cc(-c3cc4ccccc4o3)cnc2-c2cc3ccccc3o2)cc1. The first-order chi connectivity index (χ1) is 15.2. The van der Waals surface area contributed by atoms with Crippen molar-refractivity contribution in [3.8, 4) is 39.7 Å². The Balaban J connectivity index is 1.56. The second-order valence-electron chi connectivity index (χ2n) is 7.46. The summed E-state index contributed by atoms with van der Waals surface area (Å²) in [6.45, 7) is 0. The molecule has 0 atom stereocenters. The molecule has 3 aromatic heterocycles. The van der Waals surface area contributed by atoms with Crippen molar-refractivity contribution in [3.63, 3.8) is 0 Å². The third-order valence-electron chi connectivity index (χ3n) is 5.43. The van der Waals surface area contributed by atoms with Gasteiger partial charge in [-0.15, -0.1) is 0 Å². The van der Waals surface area contributed by atoms with Crippen LogP contribution in [0.4, 0.5) is 0 Å². The summed E-state index contributed by atoms with van der Waals surface area (Å²) in [7, 11) is 0. The van der Waals surface area contributed by atoms with E-state index in [-0.39, 0.29) is 5.75 Å². The molecule has 4 heteroatoms. The molecule has 0 aliphatic heterocycles. The van der Waals surface area contributed by atoms with Crippen LogP contribution in [-0.2, 0) is 0 Å². The second-order valence-corrected chi connectivity index (χ2v) is 7.46. The van der Waals surface area contributed by atoms with Crippen molar-refractivity contribution in [2.75, 3.05) is 0 Å². The van der Waals surface area contributed by atoms with Gasteiger partial charge in [-0.05, 0) is 48.0 Å². The highest BCUT2D eigenvalue weighted by Gasteiger charge is 2.17. The number of benzene rings is 3. The number of nitrogens with zero attached hydrogens (tertiary/aromatic N) is 1. The maximum atomic E-state index is 9.75. The molecule has 6 aromatic rings. The average Bonchev–Trinajstić information content (AvgIpc) is 3.43. The van der Waals surface area contributed by atoms with Gasteiger partial charge < -0.3 is 13.9 Å². The number of rotatable bonds is 3. The lowest BCUT2D eigenvalue weighted by molar-refractivity contribution is 0.475. The number of hydrogen-bond acceptors (Lipinski definition) is 4. The zero-order chi connectivity index (χ0) is 20.8. The molecule has 6 rings (SSSR count). The highest BCUT2D eigenvalue weighted by atomic mass is 16.3. The summed E-state index contributed by atoms with van der Waals surface area (Å²) < 4.78 is 12.2. The molecule has 1 N–H and O–H groups in total. The van der Waals surface area contributed by atoms with Crippen LogP contribution in [0.1, 0.15) is 0 Å². The minimum atomic E-state index is 0.218. The van der Waals surface area contributed by atoms with Gasteiger partial charge >= 0.3 is 0 Å². The maximum Gasteiger partial charge on any atom is 0.154 e. The number of furan rings is 2. The van der Waals surface area contributed by atoms with E-state index in [4.69, 9.17) is 13.8 Å². The zero-order valence-corrected chi connectivity index (χ0v) is 16.4. The van der Waals surface area contributed by atoms with Gasteiger partial charge in [0.2, 0.25) is 0 Å². The van der Waals surface area contributed by atoms with Crippen LogP contribution in [0.3, 0.4) is 0 Å². The number of fused-ring (bicyclic) bond motifs is 2. The molecule has 3 heterocycles. The lowest BCUT2D eigenvalue weighted by atomic mass is 10.00. The Hall–Kier alpha value is -4.31. The summed E-state index contributed by atoms with van der Waals surface area (Å²) in [4.78, 5) is 4.77. The van der Waals surface area contributed by atoms with E-state index in [1.807, 2.05) is 79.0 Å². The van der Waals surface area contributed by atoms with Gasteiger partial charge in [-0.2, -0.15) is 0 Å². The summed E-state index contributed by atoms with van der Waals surface area (Å²) in [6, 6.07) is 29.0. The van der Waals surface area contributed by atoms with Crippen LogP contribution >= 0.6 is 0 Å². The Labute approximate surface area is 178 Å². The molecular weight excluding hydrogens is 386 g/mol. The van der Waals surface area contributed by atoms with Crippen molar-refractivity contribution in [1.82, 2.24) is 4.98 Å². The van der Waals surface area contributed by atoms with E-state index in [1.54, 1.807) is 12.1 Å². The van der Waals surface area contributed by atoms with E-state index in [1.165, 1.54) is 0 Å². The second kappa shape index (κ2) is 6.89. The molecule has 0 radical (unpaired) electrons. The Kier molecular flexibility index (Phi) is 3.90. The van der Waals surface area contributed by atoms with Crippen molar-refractivity contribution in [1.29, 1.82) is 0 Å². The number of hydrogen-bond donors (Lipinski definition) is 1. The molecule has 4 nitrogen and oxygen atoms in total. The Morgan fingerprint density at radius 3 is 1.90 bits per heavy atom. The lowest BCUT2D eigenvalue weighted by Gasteiger charge is -2.09. The monoisotopic (exact) mass is 403 g/mol. The van der Waals surface area contributed by atoms with E-state index < -0.39 is 0 Å². The van der Waals surface area contributed by atoms with Crippen molar-refractivity contribution in [3.05, 3.63) is 97.2 Å². The Bertz CT molecular complexity index is 1470. The summed E-state index contributed by atoms with van der Waals surface area (Å²) in [6.07, 6.45) is 1.81. The van der Waals surface area contributed by atoms with Crippen LogP contribution in [0, 0.1) is 0 Å². The number of para-hydroxylation sites is 2. The van der Waals surface area contributed by atoms with E-state index in [0.717, 1.165) is 50.1 Å². The van der Waals surface area contributed by atoms with Crippen molar-refractivity contribution in [2.24, 2.45) is 0 Å². The number of phenols is 1. The third-order valence-corrected chi connectivity index (χ3v) is 5.43. The Morgan fingerprint density at radius 1 is 0.613 bits per heavy atom. The molecule has 0 aliphatic rings. The van der Waals surface area contributed by atoms with Crippen LogP contribution in [0.2, 0.25) is 0 Å². The highest BCUT2D eigenvalue weighted by molar-refractivity contribution is 5.89. The molecule has 0 saturated carbocycles. The first kappa shape index (κ1) is 17.5. The predicted octanol–water partition coefficient (Wildman–Crippen LogP) is 7.28. The molecule has 0 unspecified atom stereocenters. The summed E-state index contributed by atoms with van der Waals surface area (Å²) in [5.41, 5.74) is 5.10. The van der Waals surface area contributed by atoms with Crippen LogP contribution in [-0.4, -0.2) is 10.1 Å². The van der Waals surface area contributed by atoms with Gasteiger partial charge in [0, 0.05) is 28.1 Å². The van der Waals surface area contributed by atoms with E-state index in [9.17, 15) is 5.11 Å². The largest absolute Gasteiger partial charge is 0.508 e. The first-order valence-electron chi connectivity index (χ1n) is 10.0. The average molecular weight is 403 g/mol. The molecular formula is C27H17NO3. The smallest absolute Gasteiger partial charge is 0.154 e. The van der Waals surface area contributed by atoms with Crippen LogP contribution < -0.4 is 0 Å². The minimum absolute atomic E-state index is 0.218. The van der Waals surface area contributed by atoms with Gasteiger partial charge in [0.25, 0.3) is 0 Å². The summed E-state index contributed by atoms with van der Waals surface area (Å²) in [5.74, 6) is 1.67. The maximum absolute atomic E-state index is 9.75. The molecule has 0 saturated heterocycles. The molecule has 0 amide bonds. The molecule has 0 bridgehead atoms.